The van der Waals surface area contributed by atoms with E-state index in [1.807, 2.05) is 11.4 Å². The van der Waals surface area contributed by atoms with Crippen molar-refractivity contribution in [1.29, 1.82) is 0 Å². The number of hydrogen-bond acceptors (Lipinski definition) is 3. The van der Waals surface area contributed by atoms with Crippen molar-refractivity contribution in [1.82, 2.24) is 0 Å². The molecule has 0 aliphatic heterocycles. The molecule has 0 fully saturated rings. The number of nitrogens with zero attached hydrogens (tertiary/aromatic N) is 1. The van der Waals surface area contributed by atoms with Crippen molar-refractivity contribution in [2.45, 2.75) is 26.2 Å². The number of hydrogen-bond donors (Lipinski definition) is 0. The summed E-state index contributed by atoms with van der Waals surface area (Å²) in [5.74, 6) is 0.199. The van der Waals surface area contributed by atoms with Gasteiger partial charge in [0.2, 0.25) is 6.54 Å². The van der Waals surface area contributed by atoms with E-state index in [4.69, 9.17) is 0 Å². The van der Waals surface area contributed by atoms with Gasteiger partial charge in [0.1, 0.15) is 0 Å². The van der Waals surface area contributed by atoms with Crippen LogP contribution in [0.2, 0.25) is 0 Å². The largest absolute Gasteiger partial charge is 0.265 e. The molecule has 78 valence electrons. The Kier molecular flexibility index (Phi) is 4.59. The molecule has 1 rings (SSSR count). The Morgan fingerprint density at radius 3 is 2.93 bits per heavy atom. The fourth-order valence-corrected chi connectivity index (χ4v) is 2.30. The molecule has 0 aliphatic rings. The summed E-state index contributed by atoms with van der Waals surface area (Å²) in [6.07, 6.45) is 2.80. The molecule has 0 saturated heterocycles. The Morgan fingerprint density at radius 2 is 2.43 bits per heavy atom. The second kappa shape index (κ2) is 5.75. The third kappa shape index (κ3) is 3.87. The van der Waals surface area contributed by atoms with Crippen LogP contribution in [-0.4, -0.2) is 11.5 Å². The molecule has 1 heterocycles. The highest BCUT2D eigenvalue weighted by Crippen LogP contribution is 2.16. The quantitative estimate of drug-likeness (QED) is 0.538. The van der Waals surface area contributed by atoms with Crippen LogP contribution in [0.5, 0.6) is 0 Å². The summed E-state index contributed by atoms with van der Waals surface area (Å²) in [7, 11) is 0. The molecule has 0 amide bonds. The minimum absolute atomic E-state index is 0.101. The van der Waals surface area contributed by atoms with E-state index >= 15 is 0 Å². The van der Waals surface area contributed by atoms with Crippen LogP contribution in [0, 0.1) is 16.0 Å². The predicted molar refractivity (Wildman–Crippen MR) is 58.3 cm³/mol. The maximum Gasteiger partial charge on any atom is 0.207 e. The normalized spacial score (nSPS) is 12.6. The van der Waals surface area contributed by atoms with Crippen LogP contribution in [0.25, 0.3) is 0 Å². The lowest BCUT2D eigenvalue weighted by atomic mass is 9.97. The summed E-state index contributed by atoms with van der Waals surface area (Å²) < 4.78 is 0. The second-order valence-electron chi connectivity index (χ2n) is 3.51. The van der Waals surface area contributed by atoms with Crippen molar-refractivity contribution >= 4 is 11.3 Å². The van der Waals surface area contributed by atoms with Gasteiger partial charge in [-0.2, -0.15) is 11.3 Å². The minimum Gasteiger partial charge on any atom is -0.265 e. The summed E-state index contributed by atoms with van der Waals surface area (Å²) in [6.45, 7) is 2.17. The van der Waals surface area contributed by atoms with Crippen LogP contribution in [-0.2, 0) is 6.42 Å². The van der Waals surface area contributed by atoms with Gasteiger partial charge in [0, 0.05) is 10.8 Å². The molecule has 0 N–H and O–H groups in total. The molecule has 4 heteroatoms. The summed E-state index contributed by atoms with van der Waals surface area (Å²) >= 11 is 1.65. The molecule has 1 atom stereocenters. The van der Waals surface area contributed by atoms with Gasteiger partial charge < -0.3 is 0 Å². The van der Waals surface area contributed by atoms with Gasteiger partial charge in [-0.05, 0) is 35.2 Å². The summed E-state index contributed by atoms with van der Waals surface area (Å²) in [6, 6.07) is 2.05. The topological polar surface area (TPSA) is 43.1 Å². The van der Waals surface area contributed by atoms with Crippen molar-refractivity contribution < 1.29 is 4.92 Å². The van der Waals surface area contributed by atoms with Crippen LogP contribution in [0.15, 0.2) is 16.8 Å². The van der Waals surface area contributed by atoms with Crippen LogP contribution >= 0.6 is 11.3 Å². The van der Waals surface area contributed by atoms with Crippen molar-refractivity contribution in [3.8, 4) is 0 Å². The molecule has 3 nitrogen and oxygen atoms in total. The van der Waals surface area contributed by atoms with Crippen LogP contribution < -0.4 is 0 Å². The molecule has 0 radical (unpaired) electrons. The zero-order valence-corrected chi connectivity index (χ0v) is 9.13. The van der Waals surface area contributed by atoms with Crippen LogP contribution in [0.3, 0.4) is 0 Å². The minimum atomic E-state index is -0.202. The maximum absolute atomic E-state index is 10.4. The maximum atomic E-state index is 10.4. The molecule has 0 aromatic carbocycles. The van der Waals surface area contributed by atoms with E-state index < -0.39 is 0 Å². The van der Waals surface area contributed by atoms with Gasteiger partial charge in [-0.25, -0.2) is 0 Å². The number of thiophene rings is 1. The molecule has 14 heavy (non-hydrogen) atoms. The van der Waals surface area contributed by atoms with E-state index in [1.165, 1.54) is 5.56 Å². The van der Waals surface area contributed by atoms with E-state index in [9.17, 15) is 10.1 Å². The van der Waals surface area contributed by atoms with Gasteiger partial charge in [-0.1, -0.05) is 13.3 Å². The van der Waals surface area contributed by atoms with E-state index in [0.29, 0.717) is 0 Å². The number of rotatable bonds is 6. The lowest BCUT2D eigenvalue weighted by molar-refractivity contribution is -0.488. The highest BCUT2D eigenvalue weighted by molar-refractivity contribution is 7.07. The Hall–Kier alpha value is -0.900. The Morgan fingerprint density at radius 1 is 1.64 bits per heavy atom. The molecule has 0 spiro atoms. The Balaban J connectivity index is 2.46. The smallest absolute Gasteiger partial charge is 0.207 e. The van der Waals surface area contributed by atoms with Gasteiger partial charge in [0.15, 0.2) is 0 Å². The molecular formula is C10H15NO2S. The molecule has 0 bridgehead atoms. The van der Waals surface area contributed by atoms with E-state index in [1.54, 1.807) is 11.3 Å². The molecule has 1 unspecified atom stereocenters. The zero-order chi connectivity index (χ0) is 10.4. The average molecular weight is 213 g/mol. The third-order valence-electron chi connectivity index (χ3n) is 2.21. The number of nitro groups is 1. The van der Waals surface area contributed by atoms with Crippen LogP contribution in [0.1, 0.15) is 25.3 Å². The van der Waals surface area contributed by atoms with Gasteiger partial charge in [0.25, 0.3) is 0 Å². The monoisotopic (exact) mass is 213 g/mol. The van der Waals surface area contributed by atoms with Crippen LogP contribution in [0.4, 0.5) is 0 Å². The molecule has 1 aromatic rings. The van der Waals surface area contributed by atoms with E-state index in [2.05, 4.69) is 12.3 Å². The second-order valence-corrected chi connectivity index (χ2v) is 4.29. The SMILES string of the molecule is CCCC(Cc1ccsc1)C[N+](=O)[O-]. The van der Waals surface area contributed by atoms with Crippen molar-refractivity contribution in [2.75, 3.05) is 6.54 Å². The Bertz CT molecular complexity index is 272. The summed E-state index contributed by atoms with van der Waals surface area (Å²) in [5.41, 5.74) is 1.23. The molecular weight excluding hydrogens is 198 g/mol. The van der Waals surface area contributed by atoms with Gasteiger partial charge in [0.05, 0.1) is 0 Å². The van der Waals surface area contributed by atoms with Gasteiger partial charge >= 0.3 is 0 Å². The van der Waals surface area contributed by atoms with Gasteiger partial charge in [-0.15, -0.1) is 0 Å². The van der Waals surface area contributed by atoms with E-state index in [-0.39, 0.29) is 17.4 Å². The first-order valence-electron chi connectivity index (χ1n) is 4.85. The lowest BCUT2D eigenvalue weighted by Gasteiger charge is -2.09. The fourth-order valence-electron chi connectivity index (χ4n) is 1.62. The molecule has 0 aliphatic carbocycles. The summed E-state index contributed by atoms with van der Waals surface area (Å²) in [5, 5.41) is 14.5. The Labute approximate surface area is 87.9 Å². The predicted octanol–water partition coefficient (Wildman–Crippen LogP) is 2.98. The fraction of sp³-hybridized carbons (Fsp3) is 0.600. The zero-order valence-electron chi connectivity index (χ0n) is 8.31. The van der Waals surface area contributed by atoms with Crippen molar-refractivity contribution in [2.24, 2.45) is 5.92 Å². The highest BCUT2D eigenvalue weighted by atomic mass is 32.1. The van der Waals surface area contributed by atoms with Crippen molar-refractivity contribution in [3.63, 3.8) is 0 Å². The first-order chi connectivity index (χ1) is 6.72. The summed E-state index contributed by atoms with van der Waals surface area (Å²) in [4.78, 5) is 10.2. The average Bonchev–Trinajstić information content (AvgIpc) is 2.56. The van der Waals surface area contributed by atoms with E-state index in [0.717, 1.165) is 19.3 Å². The highest BCUT2D eigenvalue weighted by Gasteiger charge is 2.15. The lowest BCUT2D eigenvalue weighted by Crippen LogP contribution is -2.16. The standard InChI is InChI=1S/C10H15NO2S/c1-2-3-9(7-11(12)13)6-10-4-5-14-8-10/h4-5,8-9H,2-3,6-7H2,1H3. The molecule has 0 saturated carbocycles. The first kappa shape index (κ1) is 11.2. The van der Waals surface area contributed by atoms with Gasteiger partial charge in [-0.3, -0.25) is 10.1 Å². The third-order valence-corrected chi connectivity index (χ3v) is 2.94. The molecule has 1 aromatic heterocycles. The van der Waals surface area contributed by atoms with Crippen molar-refractivity contribution in [3.05, 3.63) is 32.5 Å². The first-order valence-corrected chi connectivity index (χ1v) is 5.79.